The number of rotatable bonds is 11. The number of nitrogens with one attached hydrogen (secondary N) is 3. The molecule has 33 heavy (non-hydrogen) atoms. The van der Waals surface area contributed by atoms with E-state index in [0.29, 0.717) is 48.9 Å². The number of unbranched alkanes of at least 4 members (excludes halogenated alkanes) is 1. The van der Waals surface area contributed by atoms with Gasteiger partial charge in [0, 0.05) is 31.6 Å². The molecule has 0 unspecified atom stereocenters. The second kappa shape index (κ2) is 11.3. The number of imidazole rings is 1. The van der Waals surface area contributed by atoms with Gasteiger partial charge in [-0.1, -0.05) is 19.4 Å². The van der Waals surface area contributed by atoms with Gasteiger partial charge in [-0.25, -0.2) is 14.6 Å². The minimum atomic E-state index is -0.568. The van der Waals surface area contributed by atoms with E-state index in [4.69, 9.17) is 9.47 Å². The van der Waals surface area contributed by atoms with Crippen molar-refractivity contribution < 1.29 is 14.3 Å². The summed E-state index contributed by atoms with van der Waals surface area (Å²) in [5.41, 5.74) is 1.20. The summed E-state index contributed by atoms with van der Waals surface area (Å²) in [6, 6.07) is 7.16. The molecule has 0 bridgehead atoms. The van der Waals surface area contributed by atoms with Gasteiger partial charge in [0.2, 0.25) is 0 Å². The van der Waals surface area contributed by atoms with Gasteiger partial charge >= 0.3 is 11.8 Å². The number of anilines is 2. The Morgan fingerprint density at radius 1 is 1.15 bits per heavy atom. The molecular formula is C22H30N6O5. The van der Waals surface area contributed by atoms with Crippen molar-refractivity contribution >= 4 is 28.6 Å². The summed E-state index contributed by atoms with van der Waals surface area (Å²) in [5.74, 6) is 0.631. The molecule has 3 N–H and O–H groups in total. The van der Waals surface area contributed by atoms with E-state index in [2.05, 4.69) is 20.6 Å². The fourth-order valence-electron chi connectivity index (χ4n) is 3.48. The Balaban J connectivity index is 1.80. The van der Waals surface area contributed by atoms with Gasteiger partial charge in [0.05, 0.1) is 13.2 Å². The number of fused-ring (bicyclic) bond motifs is 1. The van der Waals surface area contributed by atoms with Crippen LogP contribution in [0.2, 0.25) is 0 Å². The van der Waals surface area contributed by atoms with Gasteiger partial charge in [-0.2, -0.15) is 0 Å². The zero-order chi connectivity index (χ0) is 23.8. The summed E-state index contributed by atoms with van der Waals surface area (Å²) in [4.78, 5) is 43.8. The maximum atomic E-state index is 12.5. The predicted octanol–water partition coefficient (Wildman–Crippen LogP) is 2.51. The lowest BCUT2D eigenvalue weighted by molar-refractivity contribution is 0.107. The highest BCUT2D eigenvalue weighted by Crippen LogP contribution is 2.18. The van der Waals surface area contributed by atoms with Gasteiger partial charge in [-0.3, -0.25) is 19.7 Å². The number of carbonyl (C=O) groups excluding carboxylic acids is 1. The number of hydrogen-bond acceptors (Lipinski definition) is 7. The number of aryl methyl sites for hydroxylation is 2. The van der Waals surface area contributed by atoms with Gasteiger partial charge in [0.1, 0.15) is 12.4 Å². The summed E-state index contributed by atoms with van der Waals surface area (Å²) in [7, 11) is 1.53. The second-order valence-corrected chi connectivity index (χ2v) is 7.40. The summed E-state index contributed by atoms with van der Waals surface area (Å²) < 4.78 is 13.2. The molecule has 0 aliphatic carbocycles. The van der Waals surface area contributed by atoms with Crippen LogP contribution in [0, 0.1) is 0 Å². The lowest BCUT2D eigenvalue weighted by Gasteiger charge is -2.11. The van der Waals surface area contributed by atoms with Crippen molar-refractivity contribution in [2.45, 2.75) is 46.3 Å². The maximum Gasteiger partial charge on any atom is 0.411 e. The highest BCUT2D eigenvalue weighted by molar-refractivity contribution is 5.85. The first-order valence-corrected chi connectivity index (χ1v) is 11.0. The number of ether oxygens (including phenoxy) is 2. The molecule has 2 aromatic heterocycles. The Labute approximate surface area is 190 Å². The molecule has 0 atom stereocenters. The quantitative estimate of drug-likeness (QED) is 0.376. The fraction of sp³-hybridized carbons (Fsp3) is 0.455. The first-order valence-electron chi connectivity index (χ1n) is 11.0. The molecule has 1 aromatic carbocycles. The minimum Gasteiger partial charge on any atom is -0.447 e. The van der Waals surface area contributed by atoms with E-state index in [9.17, 15) is 14.4 Å². The SMILES string of the molecule is CCCCn1c(=O)[nH]c(=O)c2c1nc(CNc1cccc(NC(=O)OCCOC)c1)n2CC. The van der Waals surface area contributed by atoms with Gasteiger partial charge in [-0.05, 0) is 31.5 Å². The Hall–Kier alpha value is -3.60. The molecule has 0 saturated carbocycles. The van der Waals surface area contributed by atoms with Crippen LogP contribution in [0.15, 0.2) is 33.9 Å². The van der Waals surface area contributed by atoms with Crippen LogP contribution in [0.4, 0.5) is 16.2 Å². The minimum absolute atomic E-state index is 0.163. The topological polar surface area (TPSA) is 132 Å². The third kappa shape index (κ3) is 5.80. The smallest absolute Gasteiger partial charge is 0.411 e. The first-order chi connectivity index (χ1) is 16.0. The van der Waals surface area contributed by atoms with Crippen LogP contribution in [0.3, 0.4) is 0 Å². The summed E-state index contributed by atoms with van der Waals surface area (Å²) >= 11 is 0. The first kappa shape index (κ1) is 24.1. The molecule has 11 heteroatoms. The third-order valence-corrected chi connectivity index (χ3v) is 5.10. The number of nitrogens with zero attached hydrogens (tertiary/aromatic N) is 3. The van der Waals surface area contributed by atoms with Crippen LogP contribution in [-0.4, -0.2) is 45.5 Å². The zero-order valence-corrected chi connectivity index (χ0v) is 19.1. The monoisotopic (exact) mass is 458 g/mol. The molecule has 178 valence electrons. The lowest BCUT2D eigenvalue weighted by atomic mass is 10.2. The van der Waals surface area contributed by atoms with Crippen molar-refractivity contribution in [2.75, 3.05) is 31.0 Å². The van der Waals surface area contributed by atoms with Crippen LogP contribution in [0.5, 0.6) is 0 Å². The molecule has 0 radical (unpaired) electrons. The molecule has 3 rings (SSSR count). The summed E-state index contributed by atoms with van der Waals surface area (Å²) in [6.45, 7) is 5.79. The van der Waals surface area contributed by atoms with Crippen molar-refractivity contribution in [2.24, 2.45) is 0 Å². The number of carbonyl (C=O) groups is 1. The van der Waals surface area contributed by atoms with Crippen molar-refractivity contribution in [1.29, 1.82) is 0 Å². The number of amides is 1. The van der Waals surface area contributed by atoms with Crippen molar-refractivity contribution in [1.82, 2.24) is 19.1 Å². The van der Waals surface area contributed by atoms with Crippen LogP contribution in [0.1, 0.15) is 32.5 Å². The Kier molecular flexibility index (Phi) is 8.25. The average molecular weight is 459 g/mol. The molecule has 0 aliphatic rings. The van der Waals surface area contributed by atoms with E-state index >= 15 is 0 Å². The van der Waals surface area contributed by atoms with Gasteiger partial charge < -0.3 is 19.4 Å². The van der Waals surface area contributed by atoms with Gasteiger partial charge in [0.25, 0.3) is 5.56 Å². The fourth-order valence-corrected chi connectivity index (χ4v) is 3.48. The number of hydrogen-bond donors (Lipinski definition) is 3. The van der Waals surface area contributed by atoms with Crippen molar-refractivity contribution in [3.8, 4) is 0 Å². The average Bonchev–Trinajstić information content (AvgIpc) is 3.17. The molecule has 0 fully saturated rings. The van der Waals surface area contributed by atoms with Crippen LogP contribution in [-0.2, 0) is 29.1 Å². The molecule has 0 aliphatic heterocycles. The maximum absolute atomic E-state index is 12.5. The zero-order valence-electron chi connectivity index (χ0n) is 19.1. The Bertz CT molecular complexity index is 1210. The van der Waals surface area contributed by atoms with Crippen LogP contribution < -0.4 is 21.9 Å². The van der Waals surface area contributed by atoms with E-state index in [1.165, 1.54) is 11.7 Å². The molecule has 0 spiro atoms. The molecule has 1 amide bonds. The molecule has 3 aromatic rings. The Morgan fingerprint density at radius 3 is 2.67 bits per heavy atom. The van der Waals surface area contributed by atoms with E-state index in [1.807, 2.05) is 19.9 Å². The normalized spacial score (nSPS) is 11.0. The lowest BCUT2D eigenvalue weighted by Crippen LogP contribution is -2.31. The summed E-state index contributed by atoms with van der Waals surface area (Å²) in [6.07, 6.45) is 1.16. The van der Waals surface area contributed by atoms with Crippen LogP contribution >= 0.6 is 0 Å². The largest absolute Gasteiger partial charge is 0.447 e. The highest BCUT2D eigenvalue weighted by atomic mass is 16.6. The number of methoxy groups -OCH3 is 1. The molecule has 11 nitrogen and oxygen atoms in total. The molecule has 0 saturated heterocycles. The van der Waals surface area contributed by atoms with E-state index in [1.54, 1.807) is 22.8 Å². The van der Waals surface area contributed by atoms with Crippen molar-refractivity contribution in [3.63, 3.8) is 0 Å². The van der Waals surface area contributed by atoms with Crippen LogP contribution in [0.25, 0.3) is 11.2 Å². The predicted molar refractivity (Wildman–Crippen MR) is 126 cm³/mol. The summed E-state index contributed by atoms with van der Waals surface area (Å²) in [5, 5.41) is 5.93. The molecular weight excluding hydrogens is 428 g/mol. The standard InChI is InChI=1S/C22H30N6O5/c1-4-6-10-28-19-18(20(29)26-21(28)30)27(5-2)17(25-19)14-23-15-8-7-9-16(13-15)24-22(31)33-12-11-32-3/h7-9,13,23H,4-6,10-12,14H2,1-3H3,(H,24,31)(H,26,29,30). The Morgan fingerprint density at radius 2 is 1.94 bits per heavy atom. The van der Waals surface area contributed by atoms with Gasteiger partial charge in [0.15, 0.2) is 11.2 Å². The third-order valence-electron chi connectivity index (χ3n) is 5.10. The number of aromatic amines is 1. The second-order valence-electron chi connectivity index (χ2n) is 7.40. The van der Waals surface area contributed by atoms with E-state index in [0.717, 1.165) is 18.5 Å². The number of H-pyrrole nitrogens is 1. The highest BCUT2D eigenvalue weighted by Gasteiger charge is 2.17. The molecule has 2 heterocycles. The van der Waals surface area contributed by atoms with E-state index in [-0.39, 0.29) is 6.61 Å². The van der Waals surface area contributed by atoms with Gasteiger partial charge in [-0.15, -0.1) is 0 Å². The van der Waals surface area contributed by atoms with E-state index < -0.39 is 17.3 Å². The van der Waals surface area contributed by atoms with Crippen molar-refractivity contribution in [3.05, 3.63) is 50.9 Å². The number of benzene rings is 1. The number of aromatic nitrogens is 4.